The first kappa shape index (κ1) is 13.8. The largest absolute Gasteiger partial charge is 0.399 e. The first-order valence-electron chi connectivity index (χ1n) is 5.97. The van der Waals surface area contributed by atoms with Gasteiger partial charge in [0.15, 0.2) is 0 Å². The highest BCUT2D eigenvalue weighted by atomic mass is 16.2. The second kappa shape index (κ2) is 5.17. The third-order valence-corrected chi connectivity index (χ3v) is 3.09. The average molecular weight is 277 g/mol. The standard InChI is InChI=1S/C12H15N5O3/c13-6-1-2-8(14)7(5-6)12(20)17(15)9-3-4-10(18)16-11(9)19/h1-2,5,9H,3-4,13-15H2,(H,16,18,19). The van der Waals surface area contributed by atoms with Gasteiger partial charge in [-0.15, -0.1) is 0 Å². The molecule has 1 aliphatic heterocycles. The lowest BCUT2D eigenvalue weighted by molar-refractivity contribution is -0.136. The number of carbonyl (C=O) groups is 3. The van der Waals surface area contributed by atoms with E-state index in [4.69, 9.17) is 17.3 Å². The molecule has 3 amide bonds. The summed E-state index contributed by atoms with van der Waals surface area (Å²) in [6, 6.07) is 3.53. The van der Waals surface area contributed by atoms with E-state index in [1.807, 2.05) is 0 Å². The number of benzene rings is 1. The highest BCUT2D eigenvalue weighted by molar-refractivity contribution is 6.05. The summed E-state index contributed by atoms with van der Waals surface area (Å²) < 4.78 is 0. The number of hydrogen-bond donors (Lipinski definition) is 4. The molecule has 1 heterocycles. The van der Waals surface area contributed by atoms with Crippen molar-refractivity contribution in [1.82, 2.24) is 10.3 Å². The summed E-state index contributed by atoms with van der Waals surface area (Å²) in [5, 5.41) is 2.92. The van der Waals surface area contributed by atoms with E-state index in [1.165, 1.54) is 12.1 Å². The van der Waals surface area contributed by atoms with E-state index in [1.54, 1.807) is 6.07 Å². The van der Waals surface area contributed by atoms with Crippen molar-refractivity contribution in [2.75, 3.05) is 11.5 Å². The number of nitrogens with one attached hydrogen (secondary N) is 1. The van der Waals surface area contributed by atoms with Crippen molar-refractivity contribution in [3.63, 3.8) is 0 Å². The summed E-state index contributed by atoms with van der Waals surface area (Å²) >= 11 is 0. The molecule has 0 bridgehead atoms. The van der Waals surface area contributed by atoms with Gasteiger partial charge in [0.05, 0.1) is 5.56 Å². The first-order valence-corrected chi connectivity index (χ1v) is 5.97. The predicted molar refractivity (Wildman–Crippen MR) is 71.8 cm³/mol. The number of nitrogens with zero attached hydrogens (tertiary/aromatic N) is 1. The minimum absolute atomic E-state index is 0.122. The third kappa shape index (κ3) is 2.54. The Labute approximate surface area is 114 Å². The van der Waals surface area contributed by atoms with Crippen molar-refractivity contribution < 1.29 is 14.4 Å². The molecule has 8 heteroatoms. The van der Waals surface area contributed by atoms with Gasteiger partial charge in [-0.1, -0.05) is 0 Å². The Balaban J connectivity index is 2.22. The van der Waals surface area contributed by atoms with Crippen LogP contribution in [-0.4, -0.2) is 28.8 Å². The van der Waals surface area contributed by atoms with E-state index in [-0.39, 0.29) is 30.0 Å². The maximum absolute atomic E-state index is 12.2. The molecule has 0 radical (unpaired) electrons. The Kier molecular flexibility index (Phi) is 3.57. The van der Waals surface area contributed by atoms with Crippen molar-refractivity contribution in [2.45, 2.75) is 18.9 Å². The Bertz CT molecular complexity index is 586. The van der Waals surface area contributed by atoms with Crippen LogP contribution in [0.5, 0.6) is 0 Å². The van der Waals surface area contributed by atoms with Crippen molar-refractivity contribution in [1.29, 1.82) is 0 Å². The summed E-state index contributed by atoms with van der Waals surface area (Å²) in [5.41, 5.74) is 12.0. The molecular formula is C12H15N5O3. The van der Waals surface area contributed by atoms with E-state index < -0.39 is 17.9 Å². The lowest BCUT2D eigenvalue weighted by Gasteiger charge is -2.29. The number of anilines is 2. The van der Waals surface area contributed by atoms with Gasteiger partial charge in [0, 0.05) is 17.8 Å². The molecule has 0 saturated carbocycles. The summed E-state index contributed by atoms with van der Waals surface area (Å²) in [6.07, 6.45) is 0.304. The Morgan fingerprint density at radius 3 is 2.65 bits per heavy atom. The van der Waals surface area contributed by atoms with Crippen LogP contribution in [0.4, 0.5) is 11.4 Å². The van der Waals surface area contributed by atoms with Crippen LogP contribution >= 0.6 is 0 Å². The number of nitrogen functional groups attached to an aromatic ring is 2. The number of nitrogens with two attached hydrogens (primary N) is 3. The fourth-order valence-electron chi connectivity index (χ4n) is 1.99. The van der Waals surface area contributed by atoms with Gasteiger partial charge in [0.1, 0.15) is 6.04 Å². The van der Waals surface area contributed by atoms with E-state index in [2.05, 4.69) is 5.32 Å². The Hall–Kier alpha value is -2.61. The smallest absolute Gasteiger partial charge is 0.270 e. The number of carbonyl (C=O) groups excluding carboxylic acids is 3. The molecule has 0 aromatic heterocycles. The maximum atomic E-state index is 12.2. The lowest BCUT2D eigenvalue weighted by Crippen LogP contribution is -2.57. The summed E-state index contributed by atoms with van der Waals surface area (Å²) in [5.74, 6) is 4.10. The van der Waals surface area contributed by atoms with Crippen LogP contribution < -0.4 is 22.6 Å². The normalized spacial score (nSPS) is 18.6. The third-order valence-electron chi connectivity index (χ3n) is 3.09. The monoisotopic (exact) mass is 277 g/mol. The molecule has 8 nitrogen and oxygen atoms in total. The van der Waals surface area contributed by atoms with E-state index in [0.29, 0.717) is 5.69 Å². The highest BCUT2D eigenvalue weighted by Gasteiger charge is 2.33. The summed E-state index contributed by atoms with van der Waals surface area (Å²) in [6.45, 7) is 0. The van der Waals surface area contributed by atoms with Crippen LogP contribution in [0.3, 0.4) is 0 Å². The first-order chi connectivity index (χ1) is 9.40. The molecule has 1 atom stereocenters. The summed E-state index contributed by atoms with van der Waals surface area (Å²) in [4.78, 5) is 35.0. The maximum Gasteiger partial charge on any atom is 0.270 e. The van der Waals surface area contributed by atoms with E-state index in [0.717, 1.165) is 5.01 Å². The van der Waals surface area contributed by atoms with Gasteiger partial charge in [-0.3, -0.25) is 24.7 Å². The van der Waals surface area contributed by atoms with Crippen molar-refractivity contribution in [3.05, 3.63) is 23.8 Å². The zero-order valence-electron chi connectivity index (χ0n) is 10.6. The zero-order valence-corrected chi connectivity index (χ0v) is 10.6. The molecule has 0 aliphatic carbocycles. The fourth-order valence-corrected chi connectivity index (χ4v) is 1.99. The molecule has 1 saturated heterocycles. The van der Waals surface area contributed by atoms with Gasteiger partial charge in [-0.05, 0) is 24.6 Å². The van der Waals surface area contributed by atoms with E-state index in [9.17, 15) is 14.4 Å². The quantitative estimate of drug-likeness (QED) is 0.179. The molecule has 106 valence electrons. The number of hydrazine groups is 1. The summed E-state index contributed by atoms with van der Waals surface area (Å²) in [7, 11) is 0. The lowest BCUT2D eigenvalue weighted by atomic mass is 10.0. The highest BCUT2D eigenvalue weighted by Crippen LogP contribution is 2.19. The van der Waals surface area contributed by atoms with Gasteiger partial charge in [0.25, 0.3) is 11.8 Å². The van der Waals surface area contributed by atoms with Crippen molar-refractivity contribution >= 4 is 29.1 Å². The molecule has 20 heavy (non-hydrogen) atoms. The number of imide groups is 1. The zero-order chi connectivity index (χ0) is 14.9. The van der Waals surface area contributed by atoms with Crippen molar-refractivity contribution in [2.24, 2.45) is 5.84 Å². The van der Waals surface area contributed by atoms with Gasteiger partial charge in [0.2, 0.25) is 5.91 Å². The fraction of sp³-hybridized carbons (Fsp3) is 0.250. The average Bonchev–Trinajstić information content (AvgIpc) is 2.40. The molecular weight excluding hydrogens is 262 g/mol. The second-order valence-corrected chi connectivity index (χ2v) is 4.53. The molecule has 1 aromatic rings. The number of piperidine rings is 1. The van der Waals surface area contributed by atoms with Gasteiger partial charge < -0.3 is 11.5 Å². The topological polar surface area (TPSA) is 145 Å². The molecule has 1 unspecified atom stereocenters. The van der Waals surface area contributed by atoms with Gasteiger partial charge in [-0.2, -0.15) is 0 Å². The molecule has 7 N–H and O–H groups in total. The molecule has 1 fully saturated rings. The van der Waals surface area contributed by atoms with E-state index >= 15 is 0 Å². The Morgan fingerprint density at radius 1 is 1.30 bits per heavy atom. The van der Waals surface area contributed by atoms with Gasteiger partial charge >= 0.3 is 0 Å². The minimum Gasteiger partial charge on any atom is -0.399 e. The van der Waals surface area contributed by atoms with Crippen LogP contribution in [0.15, 0.2) is 18.2 Å². The second-order valence-electron chi connectivity index (χ2n) is 4.53. The van der Waals surface area contributed by atoms with Crippen LogP contribution in [0.25, 0.3) is 0 Å². The molecule has 1 aliphatic rings. The number of rotatable bonds is 2. The van der Waals surface area contributed by atoms with Crippen LogP contribution in [-0.2, 0) is 9.59 Å². The SMILES string of the molecule is Nc1ccc(N)c(C(=O)N(N)C2CCC(=O)NC2=O)c1. The number of amides is 3. The molecule has 0 spiro atoms. The van der Waals surface area contributed by atoms with Crippen molar-refractivity contribution in [3.8, 4) is 0 Å². The van der Waals surface area contributed by atoms with Crippen LogP contribution in [0.2, 0.25) is 0 Å². The Morgan fingerprint density at radius 2 is 2.00 bits per heavy atom. The van der Waals surface area contributed by atoms with Gasteiger partial charge in [-0.25, -0.2) is 5.84 Å². The molecule has 1 aromatic carbocycles. The van der Waals surface area contributed by atoms with Crippen LogP contribution in [0.1, 0.15) is 23.2 Å². The predicted octanol–water partition coefficient (Wildman–Crippen LogP) is -1.03. The van der Waals surface area contributed by atoms with Crippen LogP contribution in [0, 0.1) is 0 Å². The number of hydrogen-bond acceptors (Lipinski definition) is 6. The minimum atomic E-state index is -0.902. The molecule has 2 rings (SSSR count).